The molecule has 0 bridgehead atoms. The normalized spacial score (nSPS) is 8.85. The lowest BCUT2D eigenvalue weighted by atomic mass is 10.1. The minimum atomic E-state index is 0.407. The summed E-state index contributed by atoms with van der Waals surface area (Å²) in [5.74, 6) is 8.59. The van der Waals surface area contributed by atoms with Crippen LogP contribution in [0.15, 0.2) is 199 Å². The second kappa shape index (κ2) is 103. The van der Waals surface area contributed by atoms with E-state index in [1.54, 1.807) is 79.9 Å². The predicted molar refractivity (Wildman–Crippen MR) is 514 cm³/mol. The fraction of sp³-hybridized carbons (Fsp3) is 0.567. The Labute approximate surface area is 723 Å². The lowest BCUT2D eigenvalue weighted by molar-refractivity contribution is 0.471. The highest BCUT2D eigenvalue weighted by atomic mass is 32.1. The van der Waals surface area contributed by atoms with E-state index in [0.29, 0.717) is 65.1 Å². The van der Waals surface area contributed by atoms with Gasteiger partial charge in [0.2, 0.25) is 0 Å². The van der Waals surface area contributed by atoms with Crippen molar-refractivity contribution in [3.63, 3.8) is 0 Å². The van der Waals surface area contributed by atoms with Gasteiger partial charge in [-0.1, -0.05) is 317 Å². The van der Waals surface area contributed by atoms with Crippen LogP contribution in [-0.2, 0) is 0 Å². The van der Waals surface area contributed by atoms with Crippen molar-refractivity contribution >= 4 is 23.1 Å². The Hall–Kier alpha value is -8.42. The maximum Gasteiger partial charge on any atom is 0.196 e. The van der Waals surface area contributed by atoms with Gasteiger partial charge in [0, 0.05) is 126 Å². The van der Waals surface area contributed by atoms with Crippen LogP contribution in [0.2, 0.25) is 0 Å². The van der Waals surface area contributed by atoms with Crippen LogP contribution in [0.5, 0.6) is 0 Å². The van der Waals surface area contributed by atoms with E-state index in [1.807, 2.05) is 264 Å². The molecule has 19 heteroatoms. The summed E-state index contributed by atoms with van der Waals surface area (Å²) in [5, 5.41) is 8.67. The zero-order chi connectivity index (χ0) is 92.1. The highest BCUT2D eigenvalue weighted by Crippen LogP contribution is 2.18. The van der Waals surface area contributed by atoms with Gasteiger partial charge in [0.25, 0.3) is 0 Å². The first kappa shape index (κ1) is 131. The number of aromatic nitrogens is 15. The van der Waals surface area contributed by atoms with E-state index >= 15 is 0 Å². The zero-order valence-electron chi connectivity index (χ0n) is 82.1. The molecule has 0 aliphatic rings. The van der Waals surface area contributed by atoms with Crippen LogP contribution in [-0.4, -0.2) is 73.8 Å². The molecule has 0 aliphatic carbocycles. The van der Waals surface area contributed by atoms with Crippen LogP contribution in [0.1, 0.15) is 431 Å². The minimum absolute atomic E-state index is 0.407. The van der Waals surface area contributed by atoms with Gasteiger partial charge in [-0.15, -0.1) is 0 Å². The Balaban J connectivity index is -0.000000113. The molecule has 1 N–H and O–H groups in total. The largest absolute Gasteiger partial charge is 0.449 e. The van der Waals surface area contributed by atoms with E-state index in [4.69, 9.17) is 8.83 Å². The van der Waals surface area contributed by atoms with E-state index in [0.717, 1.165) is 34.6 Å². The van der Waals surface area contributed by atoms with Gasteiger partial charge in [-0.2, -0.15) is 5.10 Å². The van der Waals surface area contributed by atoms with Gasteiger partial charge in [-0.05, 0) is 141 Å². The summed E-state index contributed by atoms with van der Waals surface area (Å²) in [6.45, 7) is 90.8. The molecule has 0 spiro atoms. The summed E-state index contributed by atoms with van der Waals surface area (Å²) in [6, 6.07) is 20.0. The van der Waals surface area contributed by atoms with Gasteiger partial charge in [-0.25, -0.2) is 38.7 Å². The molecule has 116 heavy (non-hydrogen) atoms. The zero-order valence-corrected chi connectivity index (χ0v) is 83.8. The Morgan fingerprint density at radius 3 is 1.03 bits per heavy atom. The van der Waals surface area contributed by atoms with Crippen LogP contribution in [0.4, 0.5) is 0 Å². The maximum absolute atomic E-state index is 4.98. The third-order valence-electron chi connectivity index (χ3n) is 12.8. The number of oxazole rings is 2. The standard InChI is InChI=1S/3C8H11N.3C7H10N2.C6H10N2.2C6H9NO.2C6H9NS.11C2H6/c1-7(2)8-3-5-9-6-4-8;1-7(2)8-4-3-5-9-6-8;1-7(2)8-5-3-4-6-9-8;1-6(2)7-5-8-3-4-9-7;1-6(2)7-3-4-8-5-9-7;1-6(2)7-8-4-3-5-9-7;1-5(2)6-3-7-8-4-6;1-5(2)6-3-7-4-8-6;1-5(2)6-7-3-4-8-6;1-5(2)6-3-7-8-4-6;1-5(2)6-3-4-7-8-6;11*1-2/h3*3-7H,1-2H3;3*3-6H,1-2H3;3-5H,1-2H3,(H,7,8);4*3-5H,1-2H3;11*1-2H3. The number of hydrogen-bond donors (Lipinski definition) is 1. The quantitative estimate of drug-likeness (QED) is 0.127. The molecule has 662 valence electrons. The molecular formula is C97H175N15O2S2. The Morgan fingerprint density at radius 1 is 0.293 bits per heavy atom. The first-order chi connectivity index (χ1) is 55.8. The highest BCUT2D eigenvalue weighted by Gasteiger charge is 2.04. The van der Waals surface area contributed by atoms with Gasteiger partial charge in [0.15, 0.2) is 12.3 Å². The van der Waals surface area contributed by atoms with E-state index in [9.17, 15) is 0 Å². The third-order valence-corrected chi connectivity index (χ3v) is 14.4. The van der Waals surface area contributed by atoms with Crippen LogP contribution in [0.3, 0.4) is 0 Å². The Morgan fingerprint density at radius 2 is 0.793 bits per heavy atom. The summed E-state index contributed by atoms with van der Waals surface area (Å²) in [4.78, 5) is 45.3. The summed E-state index contributed by atoms with van der Waals surface area (Å²) in [5.41, 5.74) is 8.59. The second-order valence-corrected chi connectivity index (χ2v) is 26.1. The number of hydrogen-bond acceptors (Lipinski definition) is 18. The van der Waals surface area contributed by atoms with Gasteiger partial charge in [0.1, 0.15) is 24.2 Å². The van der Waals surface area contributed by atoms with Crippen molar-refractivity contribution in [2.24, 2.45) is 0 Å². The maximum atomic E-state index is 4.98. The average Bonchev–Trinajstić information content (AvgIpc) is 1.65. The van der Waals surface area contributed by atoms with Gasteiger partial charge >= 0.3 is 0 Å². The van der Waals surface area contributed by atoms with Crippen LogP contribution >= 0.6 is 23.1 Å². The molecule has 0 aromatic carbocycles. The molecule has 0 saturated carbocycles. The summed E-state index contributed by atoms with van der Waals surface area (Å²) in [7, 11) is 0. The molecule has 11 heterocycles. The lowest BCUT2D eigenvalue weighted by Crippen LogP contribution is -1.93. The molecule has 0 fully saturated rings. The van der Waals surface area contributed by atoms with E-state index in [2.05, 4.69) is 230 Å². The van der Waals surface area contributed by atoms with Crippen LogP contribution in [0, 0.1) is 0 Å². The molecule has 0 aliphatic heterocycles. The van der Waals surface area contributed by atoms with E-state index in [-0.39, 0.29) is 0 Å². The molecular weight excluding hydrogens is 1470 g/mol. The van der Waals surface area contributed by atoms with E-state index < -0.39 is 0 Å². The molecule has 0 saturated heterocycles. The monoisotopic (exact) mass is 1650 g/mol. The van der Waals surface area contributed by atoms with Gasteiger partial charge in [-0.3, -0.25) is 30.0 Å². The molecule has 0 radical (unpaired) electrons. The predicted octanol–water partition coefficient (Wildman–Crippen LogP) is 32.4. The first-order valence-corrected chi connectivity index (χ1v) is 45.0. The summed E-state index contributed by atoms with van der Waals surface area (Å²) < 4.78 is 17.9. The van der Waals surface area contributed by atoms with Crippen LogP contribution in [0.25, 0.3) is 0 Å². The van der Waals surface area contributed by atoms with Crippen molar-refractivity contribution in [3.8, 4) is 0 Å². The Kier molecular flexibility index (Phi) is 116. The SMILES string of the molecule is CC.CC.CC.CC.CC.CC.CC.CC.CC.CC.CC.CC(C)c1ccccn1.CC(C)c1cccnc1.CC(C)c1ccncc1.CC(C)c1ccncn1.CC(C)c1ccns1.CC(C)c1cn[nH]c1.CC(C)c1cnccn1.CC(C)c1cnco1.CC(C)c1cnsc1.CC(C)c1ncccn1.CC(C)c1ncco1. The van der Waals surface area contributed by atoms with E-state index in [1.165, 1.54) is 45.1 Å². The molecule has 11 aromatic heterocycles. The number of rotatable bonds is 11. The fourth-order valence-electron chi connectivity index (χ4n) is 6.67. The average molecular weight is 1650 g/mol. The Bertz CT molecular complexity index is 2750. The molecule has 11 aromatic rings. The highest BCUT2D eigenvalue weighted by molar-refractivity contribution is 7.05. The topological polar surface area (TPSA) is 223 Å². The molecule has 0 amide bonds. The number of pyridine rings is 3. The van der Waals surface area contributed by atoms with Gasteiger partial charge in [0.05, 0.1) is 24.3 Å². The smallest absolute Gasteiger partial charge is 0.196 e. The van der Waals surface area contributed by atoms with Crippen molar-refractivity contribution in [2.45, 2.75) is 370 Å². The third kappa shape index (κ3) is 82.1. The summed E-state index contributed by atoms with van der Waals surface area (Å²) in [6.07, 6.45) is 35.3. The lowest BCUT2D eigenvalue weighted by Gasteiger charge is -2.01. The van der Waals surface area contributed by atoms with Gasteiger partial charge < -0.3 is 8.83 Å². The van der Waals surface area contributed by atoms with Crippen molar-refractivity contribution < 1.29 is 8.83 Å². The van der Waals surface area contributed by atoms with Crippen molar-refractivity contribution in [2.75, 3.05) is 0 Å². The fourth-order valence-corrected chi connectivity index (χ4v) is 7.95. The number of nitrogens with one attached hydrogen (secondary N) is 1. The summed E-state index contributed by atoms with van der Waals surface area (Å²) >= 11 is 3.10. The number of nitrogens with zero attached hydrogens (tertiary/aromatic N) is 14. The first-order valence-electron chi connectivity index (χ1n) is 43.4. The van der Waals surface area contributed by atoms with Crippen LogP contribution < -0.4 is 0 Å². The minimum Gasteiger partial charge on any atom is -0.449 e. The number of H-pyrrole nitrogens is 1. The van der Waals surface area contributed by atoms with Crippen molar-refractivity contribution in [3.05, 3.63) is 252 Å². The van der Waals surface area contributed by atoms with Crippen molar-refractivity contribution in [1.82, 2.24) is 73.8 Å². The number of aromatic amines is 1. The van der Waals surface area contributed by atoms with Crippen molar-refractivity contribution in [1.29, 1.82) is 0 Å². The second-order valence-electron chi connectivity index (χ2n) is 24.6. The molecule has 17 nitrogen and oxygen atoms in total. The molecule has 0 atom stereocenters. The molecule has 0 unspecified atom stereocenters. The molecule has 11 rings (SSSR count).